The molecule has 9 nitrogen and oxygen atoms in total. The number of anilines is 1. The fourth-order valence-electron chi connectivity index (χ4n) is 4.15. The van der Waals surface area contributed by atoms with Crippen LogP contribution in [0.15, 0.2) is 12.3 Å². The smallest absolute Gasteiger partial charge is 0.280 e. The van der Waals surface area contributed by atoms with Crippen molar-refractivity contribution in [2.24, 2.45) is 0 Å². The Bertz CT molecular complexity index is 1100. The number of ether oxygens (including phenoxy) is 1. The highest BCUT2D eigenvalue weighted by Crippen LogP contribution is 2.37. The topological polar surface area (TPSA) is 117 Å². The van der Waals surface area contributed by atoms with Crippen molar-refractivity contribution < 1.29 is 28.2 Å². The lowest BCUT2D eigenvalue weighted by Gasteiger charge is -2.20. The highest BCUT2D eigenvalue weighted by atomic mass is 32.1. The summed E-state index contributed by atoms with van der Waals surface area (Å²) in [6, 6.07) is 0.542. The number of aliphatic hydroxyl groups is 1. The van der Waals surface area contributed by atoms with Crippen LogP contribution in [0.25, 0.3) is 10.4 Å². The van der Waals surface area contributed by atoms with Gasteiger partial charge in [-0.25, -0.2) is 18.7 Å². The molecule has 2 aromatic rings. The number of carbonyl (C=O) groups excluding carboxylic acids is 2. The molecule has 0 unspecified atom stereocenters. The second kappa shape index (κ2) is 9.51. The van der Waals surface area contributed by atoms with Crippen molar-refractivity contribution in [2.45, 2.75) is 51.3 Å². The number of alkyl halides is 2. The van der Waals surface area contributed by atoms with Crippen LogP contribution in [0.1, 0.15) is 46.1 Å². The van der Waals surface area contributed by atoms with Gasteiger partial charge in [0.05, 0.1) is 36.8 Å². The van der Waals surface area contributed by atoms with Gasteiger partial charge >= 0.3 is 0 Å². The number of hydrogen-bond donors (Lipinski definition) is 3. The number of pyridine rings is 1. The third-order valence-corrected chi connectivity index (χ3v) is 6.98. The molecule has 2 aromatic heterocycles. The summed E-state index contributed by atoms with van der Waals surface area (Å²) in [5, 5.41) is 15.7. The summed E-state index contributed by atoms with van der Waals surface area (Å²) in [5.74, 6) is -3.55. The maximum absolute atomic E-state index is 14.0. The van der Waals surface area contributed by atoms with Crippen LogP contribution < -0.4 is 10.6 Å². The van der Waals surface area contributed by atoms with Gasteiger partial charge in [-0.1, -0.05) is 0 Å². The number of aryl methyl sites for hydroxylation is 1. The van der Waals surface area contributed by atoms with E-state index < -0.39 is 48.9 Å². The predicted molar refractivity (Wildman–Crippen MR) is 122 cm³/mol. The largest absolute Gasteiger partial charge is 0.388 e. The summed E-state index contributed by atoms with van der Waals surface area (Å²) in [4.78, 5) is 36.4. The van der Waals surface area contributed by atoms with E-state index in [0.29, 0.717) is 22.8 Å². The van der Waals surface area contributed by atoms with Gasteiger partial charge in [-0.3, -0.25) is 9.59 Å². The molecule has 4 heterocycles. The van der Waals surface area contributed by atoms with Crippen molar-refractivity contribution in [3.63, 3.8) is 0 Å². The number of nitrogens with one attached hydrogen (secondary N) is 2. The molecule has 0 radical (unpaired) electrons. The van der Waals surface area contributed by atoms with E-state index in [1.54, 1.807) is 13.1 Å². The molecule has 0 aromatic carbocycles. The Labute approximate surface area is 199 Å². The maximum atomic E-state index is 14.0. The van der Waals surface area contributed by atoms with Crippen molar-refractivity contribution >= 4 is 29.0 Å². The van der Waals surface area contributed by atoms with E-state index in [0.717, 1.165) is 21.8 Å². The van der Waals surface area contributed by atoms with Gasteiger partial charge in [-0.05, 0) is 32.4 Å². The van der Waals surface area contributed by atoms with Gasteiger partial charge in [0.25, 0.3) is 17.7 Å². The molecule has 2 aliphatic rings. The van der Waals surface area contributed by atoms with Crippen LogP contribution in [-0.2, 0) is 4.74 Å². The van der Waals surface area contributed by atoms with Gasteiger partial charge < -0.3 is 25.4 Å². The minimum Gasteiger partial charge on any atom is -0.388 e. The Balaban J connectivity index is 1.71. The Morgan fingerprint density at radius 2 is 2.15 bits per heavy atom. The van der Waals surface area contributed by atoms with Gasteiger partial charge in [-0.2, -0.15) is 0 Å². The molecule has 0 spiro atoms. The molecular formula is C22H27F2N5O4S. The normalized spacial score (nSPS) is 23.8. The zero-order valence-electron chi connectivity index (χ0n) is 19.1. The third-order valence-electron chi connectivity index (χ3n) is 5.89. The number of nitrogens with zero attached hydrogens (tertiary/aromatic N) is 3. The molecule has 0 bridgehead atoms. The zero-order chi connectivity index (χ0) is 24.6. The molecule has 3 N–H and O–H groups in total. The lowest BCUT2D eigenvalue weighted by atomic mass is 10.1. The van der Waals surface area contributed by atoms with Crippen molar-refractivity contribution in [3.05, 3.63) is 28.5 Å². The molecule has 184 valence electrons. The van der Waals surface area contributed by atoms with E-state index in [9.17, 15) is 23.5 Å². The Hall–Kier alpha value is -2.70. The number of amides is 2. The first kappa shape index (κ1) is 24.4. The number of aliphatic hydroxyl groups excluding tert-OH is 1. The fraction of sp³-hybridized carbons (Fsp3) is 0.545. The third kappa shape index (κ3) is 4.89. The molecular weight excluding hydrogens is 468 g/mol. The van der Waals surface area contributed by atoms with E-state index >= 15 is 0 Å². The number of hydrogen-bond acceptors (Lipinski definition) is 8. The number of likely N-dealkylation sites (tertiary alicyclic amines) is 1. The Kier molecular flexibility index (Phi) is 6.83. The standard InChI is InChI=1S/C22H27F2N5O4S/c1-4-25-16-5-11(2)13(7-26-16)18-17(21(32)29-10-22(23,24)6-12(29)3)28-20(34-18)19(31)27-14-8-33-9-15(14)30/h5,7,12,14-15,30H,4,6,8-10H2,1-3H3,(H,25,26)(H,27,31)/t12-,14+,15-/m0/s1. The van der Waals surface area contributed by atoms with Gasteiger partial charge in [-0.15, -0.1) is 11.3 Å². The van der Waals surface area contributed by atoms with Crippen LogP contribution in [0.3, 0.4) is 0 Å². The average Bonchev–Trinajstić information content (AvgIpc) is 3.45. The van der Waals surface area contributed by atoms with Crippen molar-refractivity contribution in [3.8, 4) is 10.4 Å². The minimum atomic E-state index is -2.98. The second-order valence-corrected chi connectivity index (χ2v) is 9.64. The molecule has 3 atom stereocenters. The summed E-state index contributed by atoms with van der Waals surface area (Å²) >= 11 is 0.986. The van der Waals surface area contributed by atoms with Crippen LogP contribution >= 0.6 is 11.3 Å². The monoisotopic (exact) mass is 495 g/mol. The number of aromatic nitrogens is 2. The Morgan fingerprint density at radius 3 is 2.74 bits per heavy atom. The van der Waals surface area contributed by atoms with Gasteiger partial charge in [0.1, 0.15) is 11.5 Å². The molecule has 2 saturated heterocycles. The first-order chi connectivity index (χ1) is 16.1. The quantitative estimate of drug-likeness (QED) is 0.563. The summed E-state index contributed by atoms with van der Waals surface area (Å²) in [7, 11) is 0. The van der Waals surface area contributed by atoms with E-state index in [1.807, 2.05) is 19.9 Å². The van der Waals surface area contributed by atoms with E-state index in [2.05, 4.69) is 20.6 Å². The fourth-order valence-corrected chi connectivity index (χ4v) is 5.18. The molecule has 12 heteroatoms. The maximum Gasteiger partial charge on any atom is 0.280 e. The number of rotatable bonds is 6. The van der Waals surface area contributed by atoms with Crippen molar-refractivity contribution in [1.29, 1.82) is 0 Å². The summed E-state index contributed by atoms with van der Waals surface area (Å²) in [5.41, 5.74) is 1.31. The Morgan fingerprint density at radius 1 is 1.38 bits per heavy atom. The zero-order valence-corrected chi connectivity index (χ0v) is 19.9. The van der Waals surface area contributed by atoms with Crippen molar-refractivity contribution in [1.82, 2.24) is 20.2 Å². The van der Waals surface area contributed by atoms with Gasteiger partial charge in [0, 0.05) is 30.8 Å². The van der Waals surface area contributed by atoms with Gasteiger partial charge in [0.2, 0.25) is 0 Å². The second-order valence-electron chi connectivity index (χ2n) is 8.64. The average molecular weight is 496 g/mol. The van der Waals surface area contributed by atoms with Crippen LogP contribution in [0.5, 0.6) is 0 Å². The lowest BCUT2D eigenvalue weighted by molar-refractivity contribution is 0.0118. The number of halogens is 2. The molecule has 0 aliphatic carbocycles. The summed E-state index contributed by atoms with van der Waals surface area (Å²) in [6.45, 7) is 5.59. The molecule has 4 rings (SSSR count). The molecule has 2 amide bonds. The van der Waals surface area contributed by atoms with E-state index in [4.69, 9.17) is 4.74 Å². The van der Waals surface area contributed by atoms with Crippen LogP contribution in [0.2, 0.25) is 0 Å². The molecule has 2 fully saturated rings. The van der Waals surface area contributed by atoms with Gasteiger partial charge in [0.15, 0.2) is 5.01 Å². The van der Waals surface area contributed by atoms with Crippen LogP contribution in [0, 0.1) is 6.92 Å². The SMILES string of the molecule is CCNc1cc(C)c(-c2sc(C(=O)N[C@@H]3COC[C@@H]3O)nc2C(=O)N2CC(F)(F)C[C@@H]2C)cn1. The lowest BCUT2D eigenvalue weighted by Crippen LogP contribution is -2.42. The summed E-state index contributed by atoms with van der Waals surface area (Å²) in [6.07, 6.45) is 0.307. The van der Waals surface area contributed by atoms with Crippen LogP contribution in [0.4, 0.5) is 14.6 Å². The van der Waals surface area contributed by atoms with Crippen LogP contribution in [-0.4, -0.2) is 82.2 Å². The first-order valence-corrected chi connectivity index (χ1v) is 11.9. The molecule has 2 aliphatic heterocycles. The van der Waals surface area contributed by atoms with E-state index in [-0.39, 0.29) is 23.9 Å². The first-order valence-electron chi connectivity index (χ1n) is 11.1. The number of thiazole rings is 1. The van der Waals surface area contributed by atoms with Crippen molar-refractivity contribution in [2.75, 3.05) is 31.6 Å². The number of carbonyl (C=O) groups is 2. The summed E-state index contributed by atoms with van der Waals surface area (Å²) < 4.78 is 33.1. The molecule has 34 heavy (non-hydrogen) atoms. The van der Waals surface area contributed by atoms with E-state index in [1.165, 1.54) is 0 Å². The minimum absolute atomic E-state index is 0.00813. The highest BCUT2D eigenvalue weighted by Gasteiger charge is 2.46. The highest BCUT2D eigenvalue weighted by molar-refractivity contribution is 7.17. The predicted octanol–water partition coefficient (Wildman–Crippen LogP) is 2.30. The molecule has 0 saturated carbocycles.